The van der Waals surface area contributed by atoms with E-state index >= 15 is 0 Å². The lowest BCUT2D eigenvalue weighted by Gasteiger charge is -2.32. The molecule has 16 aromatic rings. The van der Waals surface area contributed by atoms with Gasteiger partial charge in [-0.1, -0.05) is 20.4 Å². The number of nitrogens with zero attached hydrogens (tertiary/aromatic N) is 20. The smallest absolute Gasteiger partial charge is 0.270 e. The first-order valence-electron chi connectivity index (χ1n) is 49.0. The molecule has 16 heterocycles. The number of aromatic nitrogens is 16. The van der Waals surface area contributed by atoms with E-state index in [-0.39, 0.29) is 23.6 Å². The van der Waals surface area contributed by atoms with Crippen LogP contribution in [0.2, 0.25) is 0 Å². The number of aromatic amines is 4. The number of likely N-dealkylation sites (N-methyl/N-ethyl adjacent to an activating group) is 4. The molecule has 12 aromatic heterocycles. The van der Waals surface area contributed by atoms with Crippen LogP contribution >= 0.6 is 0 Å². The van der Waals surface area contributed by atoms with Crippen molar-refractivity contribution in [3.05, 3.63) is 254 Å². The number of benzene rings is 4. The molecule has 22 rings (SSSR count). The molecule has 2 aliphatic carbocycles. The Morgan fingerprint density at radius 2 is 0.625 bits per heavy atom. The summed E-state index contributed by atoms with van der Waals surface area (Å²) in [6.45, 7) is 24.9. The van der Waals surface area contributed by atoms with Gasteiger partial charge in [-0.2, -0.15) is 0 Å². The number of ether oxygens (including phenoxy) is 4. The van der Waals surface area contributed by atoms with E-state index in [0.717, 1.165) is 230 Å². The molecule has 4 amide bonds. The summed E-state index contributed by atoms with van der Waals surface area (Å²) in [6, 6.07) is 53.5. The van der Waals surface area contributed by atoms with Crippen LogP contribution in [-0.4, -0.2) is 301 Å². The molecular weight excluding hydrogens is 1820 g/mol. The fourth-order valence-corrected chi connectivity index (χ4v) is 17.0. The van der Waals surface area contributed by atoms with Crippen LogP contribution in [0.25, 0.3) is 89.2 Å². The number of amides is 4. The van der Waals surface area contributed by atoms with Crippen molar-refractivity contribution in [1.82, 2.24) is 119 Å². The molecule has 738 valence electrons. The van der Waals surface area contributed by atoms with Gasteiger partial charge < -0.3 is 99.3 Å². The number of hydrogen-bond donors (Lipinski definition) is 8. The summed E-state index contributed by atoms with van der Waals surface area (Å²) in [4.78, 5) is 135. The minimum atomic E-state index is 0.0341. The predicted molar refractivity (Wildman–Crippen MR) is 558 cm³/mol. The van der Waals surface area contributed by atoms with E-state index < -0.39 is 0 Å². The minimum absolute atomic E-state index is 0.0341. The number of hydrogen-bond acceptors (Lipinski definition) is 28. The van der Waals surface area contributed by atoms with Gasteiger partial charge in [-0.3, -0.25) is 39.1 Å². The molecule has 0 atom stereocenters. The van der Waals surface area contributed by atoms with Gasteiger partial charge in [-0.25, -0.2) is 39.9 Å². The summed E-state index contributed by atoms with van der Waals surface area (Å²) < 4.78 is 23.5. The Balaban J connectivity index is 0.000000121. The second-order valence-corrected chi connectivity index (χ2v) is 37.8. The second kappa shape index (κ2) is 44.7. The first-order valence-corrected chi connectivity index (χ1v) is 49.0. The third-order valence-electron chi connectivity index (χ3n) is 25.8. The third kappa shape index (κ3) is 25.0. The van der Waals surface area contributed by atoms with Crippen molar-refractivity contribution in [1.29, 1.82) is 0 Å². The number of rotatable bonds is 27. The number of anilines is 8. The summed E-state index contributed by atoms with van der Waals surface area (Å²) in [7, 11) is 8.31. The molecular formula is C108H118N28O8. The standard InChI is InChI=1S/2C27H29N7O2.C27H31N7O2.C27H29N7O2/c1-33-10-12-34(13-11-33)26(35)25-15-19-14-20(4-5-22(19)31-25)30-27-29-9-7-23(32-27)24-16-21(6-8-28-24)36-17-18-2-3-18;1-33-11-13-34(14-12-33)26(35)25-16-18-15-19(5-6-22(18)31-25)30-27-29-10-8-23(32-27)24-17-21(7-9-28-24)36-20-3-2-4-20;2*1-18(2)17-36-21-6-8-28-24(16-21)23-7-9-29-27(32-23)30-20-4-5-22-19(14-20)15-25(31-22)26(35)34-12-10-33(3)11-13-34/h4-9,14-16,18,31H,2-3,10-13,17H2,1H3,(H,29,30,32);5-10,15-17,20,31H,2-4,11-14H2,1H3,(H,29,30,32);4-9,14-16,18,31H,10-13,17H2,1-3H3,(H,29,30,32);4-9,14-16,31H,1,10-13,17H2,2-3H3,(H,29,30,32). The van der Waals surface area contributed by atoms with Crippen molar-refractivity contribution >= 4 is 114 Å². The molecule has 0 unspecified atom stereocenters. The van der Waals surface area contributed by atoms with Gasteiger partial charge in [0.25, 0.3) is 23.6 Å². The molecule has 6 aliphatic rings. The van der Waals surface area contributed by atoms with E-state index in [4.69, 9.17) is 18.9 Å². The average molecular weight is 1940 g/mol. The molecule has 0 radical (unpaired) electrons. The number of carbonyl (C=O) groups is 4. The van der Waals surface area contributed by atoms with E-state index in [1.807, 2.05) is 196 Å². The van der Waals surface area contributed by atoms with Crippen molar-refractivity contribution < 1.29 is 38.1 Å². The predicted octanol–water partition coefficient (Wildman–Crippen LogP) is 16.3. The van der Waals surface area contributed by atoms with Crippen LogP contribution < -0.4 is 40.2 Å². The Labute approximate surface area is 834 Å². The Hall–Kier alpha value is -16.2. The monoisotopic (exact) mass is 1930 g/mol. The van der Waals surface area contributed by atoms with Crippen molar-refractivity contribution in [2.24, 2.45) is 11.8 Å². The minimum Gasteiger partial charge on any atom is -0.493 e. The SMILES string of the molecule is C=C(C)COc1ccnc(-c2ccnc(Nc3ccc4[nH]c(C(=O)N5CCN(C)CC5)cc4c3)n2)c1.CC(C)COc1ccnc(-c2ccnc(Nc3ccc4[nH]c(C(=O)N5CCN(C)CC5)cc4c3)n2)c1.CN1CCN(C(=O)c2cc3cc(Nc4nccc(-c5cc(OC6CCC6)ccn5)n4)ccc3[nH]2)CC1.CN1CCN(C(=O)c2cc3cc(Nc4nccc(-c5cc(OCC6CC6)ccn5)n4)ccc3[nH]2)CC1. The lowest BCUT2D eigenvalue weighted by molar-refractivity contribution is 0.0652. The zero-order chi connectivity index (χ0) is 99.1. The van der Waals surface area contributed by atoms with Crippen LogP contribution in [0.3, 0.4) is 0 Å². The highest BCUT2D eigenvalue weighted by atomic mass is 16.5. The normalized spacial score (nSPS) is 15.4. The largest absolute Gasteiger partial charge is 0.493 e. The number of piperazine rings is 4. The van der Waals surface area contributed by atoms with Crippen LogP contribution in [0.1, 0.15) is 94.8 Å². The van der Waals surface area contributed by atoms with Gasteiger partial charge in [0, 0.05) is 245 Å². The molecule has 2 saturated carbocycles. The molecule has 8 N–H and O–H groups in total. The van der Waals surface area contributed by atoms with Crippen LogP contribution in [0, 0.1) is 11.8 Å². The number of pyridine rings is 4. The lowest BCUT2D eigenvalue weighted by atomic mass is 9.96. The van der Waals surface area contributed by atoms with Crippen LogP contribution in [0.4, 0.5) is 46.5 Å². The fraction of sp³-hybridized carbons (Fsp3) is 0.315. The first kappa shape index (κ1) is 96.7. The molecule has 4 saturated heterocycles. The molecule has 6 fully saturated rings. The van der Waals surface area contributed by atoms with Gasteiger partial charge in [-0.15, -0.1) is 0 Å². The fourth-order valence-electron chi connectivity index (χ4n) is 17.0. The third-order valence-corrected chi connectivity index (χ3v) is 25.8. The van der Waals surface area contributed by atoms with Gasteiger partial charge in [0.2, 0.25) is 23.8 Å². The van der Waals surface area contributed by atoms with Gasteiger partial charge in [-0.05, 0) is 230 Å². The van der Waals surface area contributed by atoms with Crippen molar-refractivity contribution in [2.75, 3.05) is 174 Å². The molecule has 36 nitrogen and oxygen atoms in total. The Kier molecular flexibility index (Phi) is 30.0. The molecule has 36 heteroatoms. The van der Waals surface area contributed by atoms with Gasteiger partial charge in [0.05, 0.1) is 64.9 Å². The van der Waals surface area contributed by atoms with Crippen molar-refractivity contribution in [3.8, 4) is 68.5 Å². The second-order valence-electron chi connectivity index (χ2n) is 37.8. The molecule has 4 aromatic carbocycles. The topological polar surface area (TPSA) is 397 Å². The quantitative estimate of drug-likeness (QED) is 0.0222. The zero-order valence-corrected chi connectivity index (χ0v) is 81.9. The van der Waals surface area contributed by atoms with Crippen LogP contribution in [0.15, 0.2) is 232 Å². The number of fused-ring (bicyclic) bond motifs is 4. The summed E-state index contributed by atoms with van der Waals surface area (Å²) in [5, 5.41) is 16.9. The molecule has 4 aliphatic heterocycles. The first-order chi connectivity index (χ1) is 70.1. The number of H-pyrrole nitrogens is 4. The van der Waals surface area contributed by atoms with E-state index in [0.29, 0.717) is 112 Å². The maximum Gasteiger partial charge on any atom is 0.270 e. The highest BCUT2D eigenvalue weighted by Crippen LogP contribution is 2.35. The maximum absolute atomic E-state index is 13.0. The number of carbonyl (C=O) groups excluding carboxylic acids is 4. The van der Waals surface area contributed by atoms with E-state index in [1.54, 1.807) is 49.6 Å². The highest BCUT2D eigenvalue weighted by molar-refractivity contribution is 6.02. The summed E-state index contributed by atoms with van der Waals surface area (Å²) in [5.41, 5.74) is 16.1. The van der Waals surface area contributed by atoms with Crippen LogP contribution in [-0.2, 0) is 0 Å². The highest BCUT2D eigenvalue weighted by Gasteiger charge is 2.29. The van der Waals surface area contributed by atoms with Crippen molar-refractivity contribution in [3.63, 3.8) is 0 Å². The summed E-state index contributed by atoms with van der Waals surface area (Å²) in [6.07, 6.45) is 20.0. The van der Waals surface area contributed by atoms with E-state index in [2.05, 4.69) is 169 Å². The Morgan fingerprint density at radius 3 is 0.910 bits per heavy atom. The Morgan fingerprint density at radius 1 is 0.340 bits per heavy atom. The molecule has 144 heavy (non-hydrogen) atoms. The molecule has 0 bridgehead atoms. The lowest BCUT2D eigenvalue weighted by Crippen LogP contribution is -2.47. The number of nitrogens with one attached hydrogen (secondary N) is 8. The Bertz CT molecular complexity index is 7040. The van der Waals surface area contributed by atoms with E-state index in [1.165, 1.54) is 19.3 Å². The van der Waals surface area contributed by atoms with Crippen LogP contribution in [0.5, 0.6) is 23.0 Å². The van der Waals surface area contributed by atoms with E-state index in [9.17, 15) is 19.2 Å². The summed E-state index contributed by atoms with van der Waals surface area (Å²) >= 11 is 0. The van der Waals surface area contributed by atoms with Gasteiger partial charge >= 0.3 is 0 Å². The van der Waals surface area contributed by atoms with Gasteiger partial charge in [0.15, 0.2) is 0 Å². The zero-order valence-electron chi connectivity index (χ0n) is 81.9. The molecule has 0 spiro atoms. The van der Waals surface area contributed by atoms with Gasteiger partial charge in [0.1, 0.15) is 52.4 Å². The summed E-state index contributed by atoms with van der Waals surface area (Å²) in [5.74, 6) is 6.24. The average Bonchev–Trinajstić information content (AvgIpc) is 1.65. The van der Waals surface area contributed by atoms with Crippen molar-refractivity contribution in [2.45, 2.75) is 59.0 Å². The maximum atomic E-state index is 13.0.